The number of amides is 1. The Hall–Kier alpha value is -2.45. The quantitative estimate of drug-likeness (QED) is 0.791. The molecule has 0 unspecified atom stereocenters. The summed E-state index contributed by atoms with van der Waals surface area (Å²) in [6, 6.07) is 6.24. The van der Waals surface area contributed by atoms with Crippen molar-refractivity contribution >= 4 is 23.5 Å². The smallest absolute Gasteiger partial charge is 0.338 e. The van der Waals surface area contributed by atoms with Crippen LogP contribution in [0.5, 0.6) is 0 Å². The van der Waals surface area contributed by atoms with Crippen LogP contribution in [-0.4, -0.2) is 61.0 Å². The Bertz CT molecular complexity index is 678. The minimum Gasteiger partial charge on any atom is -0.465 e. The third kappa shape index (κ3) is 4.59. The average molecular weight is 365 g/mol. The molecule has 0 bridgehead atoms. The number of nitrogens with zero attached hydrogens (tertiary/aromatic N) is 1. The number of aliphatic hydroxyl groups is 1. The van der Waals surface area contributed by atoms with Gasteiger partial charge in [0, 0.05) is 12.2 Å². The second kappa shape index (κ2) is 7.84. The van der Waals surface area contributed by atoms with E-state index in [-0.39, 0.29) is 13.2 Å². The molecule has 0 radical (unpaired) electrons. The van der Waals surface area contributed by atoms with Gasteiger partial charge in [0.05, 0.1) is 19.3 Å². The SMILES string of the molecule is COC(=O)c1ccc(N2CCO[C@H]([C@@H](O)C(=O)OC(C)(C)C)C2=O)cc1. The van der Waals surface area contributed by atoms with E-state index in [4.69, 9.17) is 9.47 Å². The van der Waals surface area contributed by atoms with Gasteiger partial charge in [0.25, 0.3) is 5.91 Å². The number of morpholine rings is 1. The number of esters is 2. The highest BCUT2D eigenvalue weighted by molar-refractivity contribution is 6.00. The van der Waals surface area contributed by atoms with Crippen molar-refractivity contribution in [2.45, 2.75) is 38.6 Å². The fraction of sp³-hybridized carbons (Fsp3) is 0.500. The Kier molecular flexibility index (Phi) is 5.99. The molecule has 1 saturated heterocycles. The van der Waals surface area contributed by atoms with Crippen LogP contribution in [0.25, 0.3) is 0 Å². The highest BCUT2D eigenvalue weighted by Gasteiger charge is 2.41. The van der Waals surface area contributed by atoms with Gasteiger partial charge >= 0.3 is 11.9 Å². The van der Waals surface area contributed by atoms with Crippen molar-refractivity contribution in [2.24, 2.45) is 0 Å². The Morgan fingerprint density at radius 3 is 2.42 bits per heavy atom. The number of hydrogen-bond donors (Lipinski definition) is 1. The summed E-state index contributed by atoms with van der Waals surface area (Å²) < 4.78 is 15.0. The molecule has 2 atom stereocenters. The molecule has 0 spiro atoms. The molecule has 1 heterocycles. The summed E-state index contributed by atoms with van der Waals surface area (Å²) in [5.74, 6) is -1.96. The van der Waals surface area contributed by atoms with Gasteiger partial charge in [-0.15, -0.1) is 0 Å². The number of aliphatic hydroxyl groups excluding tert-OH is 1. The lowest BCUT2D eigenvalue weighted by molar-refractivity contribution is -0.177. The van der Waals surface area contributed by atoms with Crippen molar-refractivity contribution in [3.63, 3.8) is 0 Å². The number of hydrogen-bond acceptors (Lipinski definition) is 7. The molecule has 1 aromatic carbocycles. The lowest BCUT2D eigenvalue weighted by Gasteiger charge is -2.34. The van der Waals surface area contributed by atoms with Gasteiger partial charge in [0.2, 0.25) is 0 Å². The minimum atomic E-state index is -1.72. The Morgan fingerprint density at radius 2 is 1.88 bits per heavy atom. The number of ether oxygens (including phenoxy) is 3. The number of rotatable bonds is 4. The van der Waals surface area contributed by atoms with E-state index in [9.17, 15) is 19.5 Å². The summed E-state index contributed by atoms with van der Waals surface area (Å²) in [6.07, 6.45) is -3.07. The van der Waals surface area contributed by atoms with Crippen LogP contribution < -0.4 is 4.90 Å². The first-order chi connectivity index (χ1) is 12.1. The number of carbonyl (C=O) groups is 3. The topological polar surface area (TPSA) is 102 Å². The predicted molar refractivity (Wildman–Crippen MR) is 91.7 cm³/mol. The summed E-state index contributed by atoms with van der Waals surface area (Å²) in [4.78, 5) is 37.6. The van der Waals surface area contributed by atoms with E-state index in [1.54, 1.807) is 32.9 Å². The summed E-state index contributed by atoms with van der Waals surface area (Å²) >= 11 is 0. The van der Waals surface area contributed by atoms with Crippen LogP contribution in [0.4, 0.5) is 5.69 Å². The van der Waals surface area contributed by atoms with E-state index in [1.165, 1.54) is 24.1 Å². The Labute approximate surface area is 151 Å². The molecule has 142 valence electrons. The largest absolute Gasteiger partial charge is 0.465 e. The first-order valence-electron chi connectivity index (χ1n) is 8.16. The third-order valence-electron chi connectivity index (χ3n) is 3.66. The van der Waals surface area contributed by atoms with E-state index in [2.05, 4.69) is 4.74 Å². The minimum absolute atomic E-state index is 0.148. The maximum absolute atomic E-state index is 12.7. The molecule has 26 heavy (non-hydrogen) atoms. The Balaban J connectivity index is 2.14. The maximum atomic E-state index is 12.7. The van der Waals surface area contributed by atoms with Crippen LogP contribution in [0.2, 0.25) is 0 Å². The molecular formula is C18H23NO7. The van der Waals surface area contributed by atoms with Crippen LogP contribution in [0.3, 0.4) is 0 Å². The normalized spacial score (nSPS) is 19.0. The highest BCUT2D eigenvalue weighted by Crippen LogP contribution is 2.22. The molecular weight excluding hydrogens is 342 g/mol. The zero-order chi connectivity index (χ0) is 19.5. The molecule has 1 aromatic rings. The van der Waals surface area contributed by atoms with E-state index in [1.807, 2.05) is 0 Å². The summed E-state index contributed by atoms with van der Waals surface area (Å²) in [5.41, 5.74) is 0.0776. The maximum Gasteiger partial charge on any atom is 0.338 e. The summed E-state index contributed by atoms with van der Waals surface area (Å²) in [6.45, 7) is 5.39. The highest BCUT2D eigenvalue weighted by atomic mass is 16.6. The first kappa shape index (κ1) is 19.9. The monoisotopic (exact) mass is 365 g/mol. The lowest BCUT2D eigenvalue weighted by Crippen LogP contribution is -2.55. The predicted octanol–water partition coefficient (Wildman–Crippen LogP) is 0.908. The van der Waals surface area contributed by atoms with Crippen molar-refractivity contribution < 1.29 is 33.7 Å². The fourth-order valence-corrected chi connectivity index (χ4v) is 2.47. The zero-order valence-electron chi connectivity index (χ0n) is 15.2. The average Bonchev–Trinajstić information content (AvgIpc) is 2.59. The third-order valence-corrected chi connectivity index (χ3v) is 3.66. The molecule has 0 aromatic heterocycles. The standard InChI is InChI=1S/C18H23NO7/c1-18(2,3)26-17(23)13(20)14-15(21)19(9-10-25-14)12-7-5-11(6-8-12)16(22)24-4/h5-8,13-14,20H,9-10H2,1-4H3/t13-,14-/m1/s1. The Morgan fingerprint density at radius 1 is 1.27 bits per heavy atom. The van der Waals surface area contributed by atoms with Gasteiger partial charge in [-0.3, -0.25) is 4.79 Å². The second-order valence-electron chi connectivity index (χ2n) is 6.80. The van der Waals surface area contributed by atoms with Crippen LogP contribution in [-0.2, 0) is 23.8 Å². The molecule has 1 fully saturated rings. The van der Waals surface area contributed by atoms with Crippen molar-refractivity contribution in [3.8, 4) is 0 Å². The van der Waals surface area contributed by atoms with Gasteiger partial charge in [0.1, 0.15) is 5.60 Å². The van der Waals surface area contributed by atoms with Crippen molar-refractivity contribution in [2.75, 3.05) is 25.2 Å². The number of anilines is 1. The summed E-state index contributed by atoms with van der Waals surface area (Å²) in [5, 5.41) is 10.2. The number of benzene rings is 1. The van der Waals surface area contributed by atoms with Crippen LogP contribution in [0.15, 0.2) is 24.3 Å². The van der Waals surface area contributed by atoms with Crippen molar-refractivity contribution in [1.82, 2.24) is 0 Å². The number of methoxy groups -OCH3 is 1. The lowest BCUT2D eigenvalue weighted by atomic mass is 10.1. The molecule has 2 rings (SSSR count). The molecule has 1 amide bonds. The van der Waals surface area contributed by atoms with Gasteiger partial charge in [-0.25, -0.2) is 9.59 Å². The fourth-order valence-electron chi connectivity index (χ4n) is 2.47. The molecule has 1 N–H and O–H groups in total. The van der Waals surface area contributed by atoms with Crippen molar-refractivity contribution in [3.05, 3.63) is 29.8 Å². The summed E-state index contributed by atoms with van der Waals surface area (Å²) in [7, 11) is 1.28. The molecule has 0 aliphatic carbocycles. The molecule has 1 aliphatic heterocycles. The molecule has 8 nitrogen and oxygen atoms in total. The van der Waals surface area contributed by atoms with Crippen LogP contribution >= 0.6 is 0 Å². The van der Waals surface area contributed by atoms with Gasteiger partial charge in [-0.05, 0) is 45.0 Å². The van der Waals surface area contributed by atoms with E-state index >= 15 is 0 Å². The molecule has 1 aliphatic rings. The van der Waals surface area contributed by atoms with Crippen molar-refractivity contribution in [1.29, 1.82) is 0 Å². The van der Waals surface area contributed by atoms with Gasteiger partial charge < -0.3 is 24.2 Å². The van der Waals surface area contributed by atoms with Gasteiger partial charge in [0.15, 0.2) is 12.2 Å². The number of carbonyl (C=O) groups excluding carboxylic acids is 3. The second-order valence-corrected chi connectivity index (χ2v) is 6.80. The first-order valence-corrected chi connectivity index (χ1v) is 8.16. The van der Waals surface area contributed by atoms with E-state index in [0.717, 1.165) is 0 Å². The molecule has 0 saturated carbocycles. The van der Waals surface area contributed by atoms with E-state index < -0.39 is 35.7 Å². The van der Waals surface area contributed by atoms with Crippen LogP contribution in [0, 0.1) is 0 Å². The zero-order valence-corrected chi connectivity index (χ0v) is 15.2. The molecule has 8 heteroatoms. The van der Waals surface area contributed by atoms with Gasteiger partial charge in [-0.1, -0.05) is 0 Å². The van der Waals surface area contributed by atoms with E-state index in [0.29, 0.717) is 11.3 Å². The van der Waals surface area contributed by atoms with Crippen LogP contribution in [0.1, 0.15) is 31.1 Å². The van der Waals surface area contributed by atoms with Gasteiger partial charge in [-0.2, -0.15) is 0 Å².